The SMILES string of the molecule is CCCCC(NS(=O)(=O)CC(C)(C)C(=O)OC)C(=O)O. The fraction of sp³-hybridized carbons (Fsp3) is 0.833. The van der Waals surface area contributed by atoms with Crippen molar-refractivity contribution in [2.45, 2.75) is 46.1 Å². The highest BCUT2D eigenvalue weighted by Crippen LogP contribution is 2.19. The molecule has 0 aliphatic heterocycles. The third-order valence-electron chi connectivity index (χ3n) is 2.76. The number of rotatable bonds is 9. The monoisotopic (exact) mass is 309 g/mol. The average Bonchev–Trinajstić information content (AvgIpc) is 2.31. The molecule has 0 aromatic carbocycles. The minimum absolute atomic E-state index is 0.212. The van der Waals surface area contributed by atoms with Gasteiger partial charge in [0.05, 0.1) is 18.3 Å². The summed E-state index contributed by atoms with van der Waals surface area (Å²) in [5.74, 6) is -2.41. The first-order valence-electron chi connectivity index (χ1n) is 6.37. The Morgan fingerprint density at radius 2 is 1.90 bits per heavy atom. The Morgan fingerprint density at radius 1 is 1.35 bits per heavy atom. The lowest BCUT2D eigenvalue weighted by Crippen LogP contribution is -2.45. The highest BCUT2D eigenvalue weighted by atomic mass is 32.2. The Hall–Kier alpha value is -1.15. The molecule has 20 heavy (non-hydrogen) atoms. The third kappa shape index (κ3) is 6.33. The predicted molar refractivity (Wildman–Crippen MR) is 73.7 cm³/mol. The van der Waals surface area contributed by atoms with E-state index in [2.05, 4.69) is 9.46 Å². The van der Waals surface area contributed by atoms with Gasteiger partial charge in [0.1, 0.15) is 6.04 Å². The van der Waals surface area contributed by atoms with Crippen molar-refractivity contribution in [1.29, 1.82) is 0 Å². The van der Waals surface area contributed by atoms with E-state index < -0.39 is 39.2 Å². The van der Waals surface area contributed by atoms with Crippen molar-refractivity contribution in [3.63, 3.8) is 0 Å². The fourth-order valence-electron chi connectivity index (χ4n) is 1.71. The molecule has 7 nitrogen and oxygen atoms in total. The average molecular weight is 309 g/mol. The molecule has 0 heterocycles. The molecule has 0 aromatic rings. The van der Waals surface area contributed by atoms with Crippen LogP contribution >= 0.6 is 0 Å². The summed E-state index contributed by atoms with van der Waals surface area (Å²) in [6.07, 6.45) is 1.57. The molecular weight excluding hydrogens is 286 g/mol. The molecule has 0 aliphatic carbocycles. The van der Waals surface area contributed by atoms with Crippen molar-refractivity contribution in [3.05, 3.63) is 0 Å². The van der Waals surface area contributed by atoms with Crippen LogP contribution < -0.4 is 4.72 Å². The number of carboxylic acids is 1. The second-order valence-corrected chi connectivity index (χ2v) is 7.04. The first kappa shape index (κ1) is 18.9. The number of carboxylic acid groups (broad SMARTS) is 1. The smallest absolute Gasteiger partial charge is 0.321 e. The highest BCUT2D eigenvalue weighted by molar-refractivity contribution is 7.89. The second-order valence-electron chi connectivity index (χ2n) is 5.29. The molecule has 118 valence electrons. The van der Waals surface area contributed by atoms with Gasteiger partial charge in [-0.15, -0.1) is 0 Å². The van der Waals surface area contributed by atoms with Crippen molar-refractivity contribution >= 4 is 22.0 Å². The Labute approximate surface area is 119 Å². The van der Waals surface area contributed by atoms with Gasteiger partial charge in [0.2, 0.25) is 10.0 Å². The van der Waals surface area contributed by atoms with Gasteiger partial charge in [0.25, 0.3) is 0 Å². The van der Waals surface area contributed by atoms with E-state index in [1.54, 1.807) is 0 Å². The number of hydrogen-bond acceptors (Lipinski definition) is 5. The molecule has 0 radical (unpaired) electrons. The van der Waals surface area contributed by atoms with E-state index in [0.717, 1.165) is 6.42 Å². The molecule has 0 aliphatic rings. The van der Waals surface area contributed by atoms with Crippen molar-refractivity contribution in [1.82, 2.24) is 4.72 Å². The van der Waals surface area contributed by atoms with E-state index >= 15 is 0 Å². The van der Waals surface area contributed by atoms with Crippen LogP contribution in [0.1, 0.15) is 40.0 Å². The van der Waals surface area contributed by atoms with Gasteiger partial charge < -0.3 is 9.84 Å². The Balaban J connectivity index is 4.87. The highest BCUT2D eigenvalue weighted by Gasteiger charge is 2.36. The van der Waals surface area contributed by atoms with Crippen molar-refractivity contribution < 1.29 is 27.9 Å². The van der Waals surface area contributed by atoms with Crippen LogP contribution in [0.2, 0.25) is 0 Å². The molecule has 8 heteroatoms. The first-order chi connectivity index (χ1) is 9.05. The van der Waals surface area contributed by atoms with Crippen molar-refractivity contribution in [2.24, 2.45) is 5.41 Å². The summed E-state index contributed by atoms with van der Waals surface area (Å²) < 4.78 is 30.6. The number of carbonyl (C=O) groups excluding carboxylic acids is 1. The number of hydrogen-bond donors (Lipinski definition) is 2. The lowest BCUT2D eigenvalue weighted by atomic mass is 9.97. The second kappa shape index (κ2) is 7.58. The Kier molecular flexibility index (Phi) is 7.15. The number of nitrogens with one attached hydrogen (secondary N) is 1. The van der Waals surface area contributed by atoms with Gasteiger partial charge in [0, 0.05) is 0 Å². The molecule has 2 N–H and O–H groups in total. The quantitative estimate of drug-likeness (QED) is 0.608. The van der Waals surface area contributed by atoms with Crippen LogP contribution in [0.4, 0.5) is 0 Å². The largest absolute Gasteiger partial charge is 0.480 e. The number of sulfonamides is 1. The summed E-state index contributed by atoms with van der Waals surface area (Å²) in [5, 5.41) is 9.00. The normalized spacial score (nSPS) is 13.8. The van der Waals surface area contributed by atoms with Crippen LogP contribution in [0.15, 0.2) is 0 Å². The summed E-state index contributed by atoms with van der Waals surface area (Å²) in [5.41, 5.74) is -1.24. The third-order valence-corrected chi connectivity index (χ3v) is 4.50. The minimum Gasteiger partial charge on any atom is -0.480 e. The maximum Gasteiger partial charge on any atom is 0.321 e. The number of carbonyl (C=O) groups is 2. The van der Waals surface area contributed by atoms with Crippen LogP contribution in [-0.2, 0) is 24.3 Å². The molecular formula is C12H23NO6S. The van der Waals surface area contributed by atoms with Crippen LogP contribution in [0.5, 0.6) is 0 Å². The fourth-order valence-corrected chi connectivity index (χ4v) is 3.51. The van der Waals surface area contributed by atoms with E-state index in [0.29, 0.717) is 6.42 Å². The number of methoxy groups -OCH3 is 1. The van der Waals surface area contributed by atoms with Gasteiger partial charge in [-0.05, 0) is 20.3 Å². The molecule has 0 saturated heterocycles. The van der Waals surface area contributed by atoms with Crippen LogP contribution in [0, 0.1) is 5.41 Å². The number of unbranched alkanes of at least 4 members (excludes halogenated alkanes) is 1. The summed E-state index contributed by atoms with van der Waals surface area (Å²) in [6.45, 7) is 4.74. The minimum atomic E-state index is -3.90. The number of esters is 1. The topological polar surface area (TPSA) is 110 Å². The summed E-state index contributed by atoms with van der Waals surface area (Å²) in [4.78, 5) is 22.5. The molecule has 0 fully saturated rings. The van der Waals surface area contributed by atoms with Crippen LogP contribution in [0.3, 0.4) is 0 Å². The van der Waals surface area contributed by atoms with E-state index in [9.17, 15) is 18.0 Å². The predicted octanol–water partition coefficient (Wildman–Crippen LogP) is 0.748. The van der Waals surface area contributed by atoms with Gasteiger partial charge in [-0.3, -0.25) is 9.59 Å². The Bertz CT molecular complexity index is 443. The van der Waals surface area contributed by atoms with Gasteiger partial charge in [0.15, 0.2) is 0 Å². The summed E-state index contributed by atoms with van der Waals surface area (Å²) in [7, 11) is -2.73. The van der Waals surface area contributed by atoms with Crippen molar-refractivity contribution in [2.75, 3.05) is 12.9 Å². The van der Waals surface area contributed by atoms with Gasteiger partial charge in [-0.1, -0.05) is 19.8 Å². The molecule has 0 rings (SSSR count). The molecule has 0 bridgehead atoms. The maximum absolute atomic E-state index is 12.0. The zero-order valence-corrected chi connectivity index (χ0v) is 13.1. The molecule has 1 atom stereocenters. The van der Waals surface area contributed by atoms with E-state index in [1.165, 1.54) is 21.0 Å². The van der Waals surface area contributed by atoms with Gasteiger partial charge in [-0.2, -0.15) is 0 Å². The summed E-state index contributed by atoms with van der Waals surface area (Å²) in [6, 6.07) is -1.17. The Morgan fingerprint density at radius 3 is 2.30 bits per heavy atom. The van der Waals surface area contributed by atoms with E-state index in [4.69, 9.17) is 5.11 Å². The number of aliphatic carboxylic acids is 1. The lowest BCUT2D eigenvalue weighted by molar-refractivity contribution is -0.149. The molecule has 0 saturated carbocycles. The van der Waals surface area contributed by atoms with Crippen molar-refractivity contribution in [3.8, 4) is 0 Å². The number of ether oxygens (including phenoxy) is 1. The van der Waals surface area contributed by atoms with E-state index in [1.807, 2.05) is 6.92 Å². The van der Waals surface area contributed by atoms with Gasteiger partial charge >= 0.3 is 11.9 Å². The summed E-state index contributed by atoms with van der Waals surface area (Å²) >= 11 is 0. The molecule has 0 aromatic heterocycles. The standard InChI is InChI=1S/C12H23NO6S/c1-5-6-7-9(10(14)15)13-20(17,18)8-12(2,3)11(16)19-4/h9,13H,5-8H2,1-4H3,(H,14,15). The zero-order valence-electron chi connectivity index (χ0n) is 12.3. The zero-order chi connectivity index (χ0) is 16.0. The first-order valence-corrected chi connectivity index (χ1v) is 8.02. The molecule has 0 amide bonds. The molecule has 0 spiro atoms. The van der Waals surface area contributed by atoms with E-state index in [-0.39, 0.29) is 6.42 Å². The maximum atomic E-state index is 12.0. The van der Waals surface area contributed by atoms with Gasteiger partial charge in [-0.25, -0.2) is 13.1 Å². The molecule has 1 unspecified atom stereocenters. The lowest BCUT2D eigenvalue weighted by Gasteiger charge is -2.22. The van der Waals surface area contributed by atoms with Crippen LogP contribution in [0.25, 0.3) is 0 Å². The van der Waals surface area contributed by atoms with Crippen LogP contribution in [-0.4, -0.2) is 44.4 Å².